The van der Waals surface area contributed by atoms with E-state index < -0.39 is 56.4 Å². The Balaban J connectivity index is 3.66. The zero-order valence-electron chi connectivity index (χ0n) is 17.1. The van der Waals surface area contributed by atoms with Gasteiger partial charge in [0.25, 0.3) is 11.8 Å². The fraction of sp³-hybridized carbons (Fsp3) is 0.500. The number of aliphatic hydroxyl groups is 6. The lowest BCUT2D eigenvalue weighted by Gasteiger charge is -2.26. The van der Waals surface area contributed by atoms with Crippen LogP contribution < -0.4 is 10.6 Å². The van der Waals surface area contributed by atoms with Crippen molar-refractivity contribution in [3.63, 3.8) is 0 Å². The monoisotopic (exact) mass is 807 g/mol. The first kappa shape index (κ1) is 30.6. The Bertz CT molecular complexity index is 873. The molecule has 186 valence electrons. The molecule has 0 heterocycles. The maximum atomic E-state index is 13.4. The molecule has 8 N–H and O–H groups in total. The number of hydrogen-bond acceptors (Lipinski definition) is 9. The minimum absolute atomic E-state index is 0.00342. The van der Waals surface area contributed by atoms with E-state index in [4.69, 9.17) is 15.3 Å². The smallest absolute Gasteiger partial charge is 0.256 e. The van der Waals surface area contributed by atoms with Crippen molar-refractivity contribution in [3.05, 3.63) is 21.8 Å². The molecule has 1 aromatic rings. The molecule has 0 fully saturated rings. The van der Waals surface area contributed by atoms with E-state index in [-0.39, 0.29) is 47.2 Å². The summed E-state index contributed by atoms with van der Waals surface area (Å²) in [6.07, 6.45) is -2.47. The van der Waals surface area contributed by atoms with Crippen LogP contribution in [0.4, 0.5) is 5.69 Å². The Labute approximate surface area is 230 Å². The molecule has 0 radical (unpaired) electrons. The van der Waals surface area contributed by atoms with Gasteiger partial charge in [0.2, 0.25) is 5.91 Å². The molecule has 33 heavy (non-hydrogen) atoms. The second-order valence-corrected chi connectivity index (χ2v) is 9.87. The van der Waals surface area contributed by atoms with Gasteiger partial charge in [-0.25, -0.2) is 0 Å². The van der Waals surface area contributed by atoms with E-state index in [1.807, 2.05) is 22.6 Å². The van der Waals surface area contributed by atoms with Crippen LogP contribution in [0.15, 0.2) is 0 Å². The fourth-order valence-corrected chi connectivity index (χ4v) is 6.96. The van der Waals surface area contributed by atoms with E-state index >= 15 is 0 Å². The van der Waals surface area contributed by atoms with Gasteiger partial charge in [0.1, 0.15) is 6.61 Å². The van der Waals surface area contributed by atoms with E-state index in [1.54, 1.807) is 45.2 Å². The normalized spacial score (nSPS) is 12.8. The summed E-state index contributed by atoms with van der Waals surface area (Å²) in [7, 11) is 0. The van der Waals surface area contributed by atoms with Gasteiger partial charge in [-0.15, -0.1) is 0 Å². The Hall–Kier alpha value is -0.420. The van der Waals surface area contributed by atoms with Crippen LogP contribution in [-0.4, -0.2) is 112 Å². The lowest BCUT2D eigenvalue weighted by atomic mass is 10.1. The van der Waals surface area contributed by atoms with Crippen LogP contribution in [0.2, 0.25) is 0 Å². The molecular formula is C18H24I3N3O9. The number of carbonyl (C=O) groups excluding carboxylic acids is 3. The van der Waals surface area contributed by atoms with Crippen molar-refractivity contribution in [2.45, 2.75) is 12.2 Å². The Kier molecular flexibility index (Phi) is 13.8. The minimum Gasteiger partial charge on any atom is -0.395 e. The van der Waals surface area contributed by atoms with Crippen LogP contribution in [0, 0.1) is 10.7 Å². The number of benzene rings is 1. The first-order valence-corrected chi connectivity index (χ1v) is 12.6. The summed E-state index contributed by atoms with van der Waals surface area (Å²) in [5.74, 6) is -2.15. The second-order valence-electron chi connectivity index (χ2n) is 6.63. The number of carbonyl (C=O) groups is 3. The van der Waals surface area contributed by atoms with Gasteiger partial charge in [0.05, 0.1) is 56.0 Å². The fourth-order valence-electron chi connectivity index (χ4n) is 2.57. The van der Waals surface area contributed by atoms with Crippen molar-refractivity contribution in [1.29, 1.82) is 0 Å². The minimum atomic E-state index is -1.27. The average Bonchev–Trinajstić information content (AvgIpc) is 2.79. The number of rotatable bonds is 12. The molecule has 1 rings (SSSR count). The predicted molar refractivity (Wildman–Crippen MR) is 142 cm³/mol. The maximum absolute atomic E-state index is 13.4. The first-order chi connectivity index (χ1) is 15.5. The highest BCUT2D eigenvalue weighted by Gasteiger charge is 2.31. The molecule has 0 saturated heterocycles. The second kappa shape index (κ2) is 14.9. The standard InChI is InChI=1S/C18H24I3N3O9/c19-13-11(17(32)22-3-8(29)5-26)14(20)16(23-10(31)7-28)15(21)12(13)18(33)24(1-2-25)4-9(30)6-27/h8-9,25-30H,1-7H2,(H,22,32)(H,23,31). The van der Waals surface area contributed by atoms with Crippen LogP contribution in [0.25, 0.3) is 0 Å². The zero-order chi connectivity index (χ0) is 25.3. The lowest BCUT2D eigenvalue weighted by Crippen LogP contribution is -2.41. The molecule has 0 aliphatic carbocycles. The summed E-state index contributed by atoms with van der Waals surface area (Å²) in [4.78, 5) is 39.3. The SMILES string of the molecule is O=C(CO)Nc1c(I)c(C(=O)NCC(O)CO)c(I)c(C(=O)N(CCO)CC(O)CO)c1I. The van der Waals surface area contributed by atoms with Gasteiger partial charge in [-0.3, -0.25) is 14.4 Å². The van der Waals surface area contributed by atoms with E-state index in [2.05, 4.69) is 10.6 Å². The van der Waals surface area contributed by atoms with Crippen LogP contribution in [0.3, 0.4) is 0 Å². The Morgan fingerprint density at radius 1 is 0.879 bits per heavy atom. The first-order valence-electron chi connectivity index (χ1n) is 9.41. The molecule has 1 aromatic carbocycles. The molecule has 0 bridgehead atoms. The van der Waals surface area contributed by atoms with Gasteiger partial charge in [0, 0.05) is 23.2 Å². The number of amides is 3. The van der Waals surface area contributed by atoms with Crippen molar-refractivity contribution in [2.75, 3.05) is 51.4 Å². The molecule has 0 aliphatic heterocycles. The third-order valence-corrected chi connectivity index (χ3v) is 7.41. The molecular weight excluding hydrogens is 783 g/mol. The number of nitrogens with zero attached hydrogens (tertiary/aromatic N) is 1. The molecule has 12 nitrogen and oxygen atoms in total. The molecule has 2 atom stereocenters. The van der Waals surface area contributed by atoms with E-state index in [9.17, 15) is 29.7 Å². The average molecular weight is 807 g/mol. The Morgan fingerprint density at radius 2 is 1.45 bits per heavy atom. The molecule has 0 aromatic heterocycles. The summed E-state index contributed by atoms with van der Waals surface area (Å²) in [6, 6.07) is 0. The largest absolute Gasteiger partial charge is 0.395 e. The van der Waals surface area contributed by atoms with Gasteiger partial charge in [-0.05, 0) is 67.8 Å². The maximum Gasteiger partial charge on any atom is 0.256 e. The third kappa shape index (κ3) is 8.33. The van der Waals surface area contributed by atoms with E-state index in [1.165, 1.54) is 0 Å². The van der Waals surface area contributed by atoms with Crippen molar-refractivity contribution in [2.24, 2.45) is 0 Å². The van der Waals surface area contributed by atoms with Gasteiger partial charge >= 0.3 is 0 Å². The number of anilines is 1. The Morgan fingerprint density at radius 3 is 1.97 bits per heavy atom. The highest BCUT2D eigenvalue weighted by molar-refractivity contribution is 14.1. The third-order valence-electron chi connectivity index (χ3n) is 4.17. The van der Waals surface area contributed by atoms with E-state index in [0.29, 0.717) is 0 Å². The summed E-state index contributed by atoms with van der Waals surface area (Å²) in [5, 5.41) is 60.9. The van der Waals surface area contributed by atoms with E-state index in [0.717, 1.165) is 4.90 Å². The van der Waals surface area contributed by atoms with Gasteiger partial charge in [-0.1, -0.05) is 0 Å². The molecule has 15 heteroatoms. The van der Waals surface area contributed by atoms with Crippen LogP contribution in [0.5, 0.6) is 0 Å². The number of aliphatic hydroxyl groups excluding tert-OH is 6. The summed E-state index contributed by atoms with van der Waals surface area (Å²) >= 11 is 5.40. The van der Waals surface area contributed by atoms with Gasteiger partial charge in [0.15, 0.2) is 0 Å². The lowest BCUT2D eigenvalue weighted by molar-refractivity contribution is -0.118. The highest BCUT2D eigenvalue weighted by Crippen LogP contribution is 2.36. The summed E-state index contributed by atoms with van der Waals surface area (Å²) in [6.45, 7) is -3.20. The number of hydrogen-bond donors (Lipinski definition) is 8. The van der Waals surface area contributed by atoms with Crippen molar-refractivity contribution >= 4 is 91.2 Å². The van der Waals surface area contributed by atoms with Gasteiger partial charge < -0.3 is 46.2 Å². The summed E-state index contributed by atoms with van der Waals surface area (Å²) in [5.41, 5.74) is 0.0971. The zero-order valence-corrected chi connectivity index (χ0v) is 23.6. The molecule has 0 aliphatic rings. The van der Waals surface area contributed by atoms with Crippen molar-refractivity contribution in [1.82, 2.24) is 10.2 Å². The van der Waals surface area contributed by atoms with Crippen molar-refractivity contribution < 1.29 is 45.0 Å². The topological polar surface area (TPSA) is 200 Å². The molecule has 0 saturated carbocycles. The number of nitrogens with one attached hydrogen (secondary N) is 2. The molecule has 0 spiro atoms. The van der Waals surface area contributed by atoms with Crippen molar-refractivity contribution in [3.8, 4) is 0 Å². The number of halogens is 3. The molecule has 3 amide bonds. The predicted octanol–water partition coefficient (Wildman–Crippen LogP) is -1.70. The molecule has 2 unspecified atom stereocenters. The van der Waals surface area contributed by atoms with Crippen LogP contribution >= 0.6 is 67.8 Å². The van der Waals surface area contributed by atoms with Gasteiger partial charge in [-0.2, -0.15) is 0 Å². The quantitative estimate of drug-likeness (QED) is 0.114. The highest BCUT2D eigenvalue weighted by atomic mass is 127. The summed E-state index contributed by atoms with van der Waals surface area (Å²) < 4.78 is 0.715. The van der Waals surface area contributed by atoms with Crippen LogP contribution in [-0.2, 0) is 4.79 Å². The van der Waals surface area contributed by atoms with Crippen LogP contribution in [0.1, 0.15) is 20.7 Å².